The van der Waals surface area contributed by atoms with Crippen molar-refractivity contribution < 1.29 is 18.7 Å². The number of carboxylic acids is 1. The van der Waals surface area contributed by atoms with E-state index in [1.165, 1.54) is 18.2 Å². The maximum Gasteiger partial charge on any atom is 0.373 e. The second-order valence-corrected chi connectivity index (χ2v) is 3.04. The highest BCUT2D eigenvalue weighted by Gasteiger charge is 2.19. The number of fused-ring (bicyclic) bond motifs is 1. The van der Waals surface area contributed by atoms with Gasteiger partial charge in [0.1, 0.15) is 5.02 Å². The van der Waals surface area contributed by atoms with Gasteiger partial charge in [-0.1, -0.05) is 17.7 Å². The molecule has 1 aromatic heterocycles. The maximum absolute atomic E-state index is 13.1. The van der Waals surface area contributed by atoms with Crippen molar-refractivity contribution in [1.29, 1.82) is 0 Å². The largest absolute Gasteiger partial charge is 0.475 e. The molecule has 1 N–H and O–H groups in total. The van der Waals surface area contributed by atoms with Gasteiger partial charge in [-0.15, -0.1) is 0 Å². The Morgan fingerprint density at radius 2 is 2.21 bits per heavy atom. The number of aromatic carboxylic acids is 1. The molecule has 72 valence electrons. The van der Waals surface area contributed by atoms with E-state index in [1.807, 2.05) is 0 Å². The van der Waals surface area contributed by atoms with Crippen LogP contribution in [0.25, 0.3) is 11.0 Å². The third kappa shape index (κ3) is 1.15. The summed E-state index contributed by atoms with van der Waals surface area (Å²) in [5.74, 6) is -2.38. The quantitative estimate of drug-likeness (QED) is 0.794. The topological polar surface area (TPSA) is 50.4 Å². The van der Waals surface area contributed by atoms with E-state index >= 15 is 0 Å². The number of halogens is 2. The predicted octanol–water partition coefficient (Wildman–Crippen LogP) is 2.92. The molecule has 2 aromatic rings. The Hall–Kier alpha value is -1.55. The van der Waals surface area contributed by atoms with E-state index in [-0.39, 0.29) is 16.0 Å². The first-order chi connectivity index (χ1) is 6.61. The molecule has 3 nitrogen and oxygen atoms in total. The number of hydrogen-bond acceptors (Lipinski definition) is 2. The average molecular weight is 215 g/mol. The van der Waals surface area contributed by atoms with Crippen LogP contribution in [0.3, 0.4) is 0 Å². The second kappa shape index (κ2) is 2.99. The zero-order valence-electron chi connectivity index (χ0n) is 6.75. The maximum atomic E-state index is 13.1. The average Bonchev–Trinajstić information content (AvgIpc) is 2.46. The highest BCUT2D eigenvalue weighted by Crippen LogP contribution is 2.31. The molecule has 0 aliphatic rings. The second-order valence-electron chi connectivity index (χ2n) is 2.67. The molecule has 1 heterocycles. The molecule has 0 spiro atoms. The summed E-state index contributed by atoms with van der Waals surface area (Å²) in [6, 6.07) is 4.11. The molecule has 0 unspecified atom stereocenters. The van der Waals surface area contributed by atoms with Crippen molar-refractivity contribution in [2.24, 2.45) is 0 Å². The predicted molar refractivity (Wildman–Crippen MR) is 48.1 cm³/mol. The minimum atomic E-state index is -1.31. The van der Waals surface area contributed by atoms with Crippen LogP contribution in [0, 0.1) is 5.82 Å². The molecule has 0 aliphatic carbocycles. The van der Waals surface area contributed by atoms with Crippen LogP contribution in [0.4, 0.5) is 4.39 Å². The SMILES string of the molecule is O=C(O)c1oc2c(F)cccc2c1Cl. The molecule has 0 atom stereocenters. The first-order valence-electron chi connectivity index (χ1n) is 3.71. The summed E-state index contributed by atoms with van der Waals surface area (Å²) in [6.45, 7) is 0. The molecule has 0 fully saturated rings. The molecule has 0 saturated heterocycles. The third-order valence-corrected chi connectivity index (χ3v) is 2.18. The van der Waals surface area contributed by atoms with Gasteiger partial charge < -0.3 is 9.52 Å². The van der Waals surface area contributed by atoms with Gasteiger partial charge in [-0.05, 0) is 12.1 Å². The van der Waals surface area contributed by atoms with Crippen molar-refractivity contribution in [3.8, 4) is 0 Å². The number of benzene rings is 1. The Labute approximate surface area is 82.7 Å². The van der Waals surface area contributed by atoms with Gasteiger partial charge in [0.2, 0.25) is 5.76 Å². The summed E-state index contributed by atoms with van der Waals surface area (Å²) < 4.78 is 17.9. The molecular weight excluding hydrogens is 211 g/mol. The monoisotopic (exact) mass is 214 g/mol. The van der Waals surface area contributed by atoms with E-state index in [1.54, 1.807) is 0 Å². The molecule has 0 radical (unpaired) electrons. The molecule has 1 aromatic carbocycles. The molecule has 0 saturated carbocycles. The van der Waals surface area contributed by atoms with Gasteiger partial charge in [0, 0.05) is 5.39 Å². The van der Waals surface area contributed by atoms with E-state index < -0.39 is 17.5 Å². The molecule has 5 heteroatoms. The Morgan fingerprint density at radius 3 is 2.79 bits per heavy atom. The Morgan fingerprint density at radius 1 is 1.50 bits per heavy atom. The van der Waals surface area contributed by atoms with E-state index in [4.69, 9.17) is 21.1 Å². The van der Waals surface area contributed by atoms with E-state index in [9.17, 15) is 9.18 Å². The highest BCUT2D eigenvalue weighted by atomic mass is 35.5. The zero-order chi connectivity index (χ0) is 10.3. The summed E-state index contributed by atoms with van der Waals surface area (Å²) in [6.07, 6.45) is 0. The van der Waals surface area contributed by atoms with Crippen LogP contribution in [0.5, 0.6) is 0 Å². The van der Waals surface area contributed by atoms with E-state index in [2.05, 4.69) is 0 Å². The van der Waals surface area contributed by atoms with Crippen molar-refractivity contribution in [3.05, 3.63) is 34.8 Å². The van der Waals surface area contributed by atoms with Gasteiger partial charge in [-0.2, -0.15) is 0 Å². The number of carbonyl (C=O) groups is 1. The van der Waals surface area contributed by atoms with Gasteiger partial charge in [0.15, 0.2) is 11.4 Å². The van der Waals surface area contributed by atoms with Crippen LogP contribution < -0.4 is 0 Å². The van der Waals surface area contributed by atoms with Crippen LogP contribution in [0.1, 0.15) is 10.6 Å². The lowest BCUT2D eigenvalue weighted by Crippen LogP contribution is -1.93. The van der Waals surface area contributed by atoms with Crippen molar-refractivity contribution in [3.63, 3.8) is 0 Å². The minimum Gasteiger partial charge on any atom is -0.475 e. The Balaban J connectivity index is 2.86. The lowest BCUT2D eigenvalue weighted by molar-refractivity contribution is 0.0665. The van der Waals surface area contributed by atoms with Crippen molar-refractivity contribution in [2.75, 3.05) is 0 Å². The lowest BCUT2D eigenvalue weighted by atomic mass is 10.2. The van der Waals surface area contributed by atoms with Gasteiger partial charge >= 0.3 is 5.97 Å². The summed E-state index contributed by atoms with van der Waals surface area (Å²) in [5.41, 5.74) is -0.130. The van der Waals surface area contributed by atoms with Gasteiger partial charge in [-0.25, -0.2) is 9.18 Å². The van der Waals surface area contributed by atoms with Crippen LogP contribution in [0.15, 0.2) is 22.6 Å². The first-order valence-corrected chi connectivity index (χ1v) is 4.09. The minimum absolute atomic E-state index is 0.0769. The van der Waals surface area contributed by atoms with Crippen LogP contribution in [-0.2, 0) is 0 Å². The van der Waals surface area contributed by atoms with Crippen molar-refractivity contribution >= 4 is 28.5 Å². The van der Waals surface area contributed by atoms with Crippen molar-refractivity contribution in [1.82, 2.24) is 0 Å². The molecule has 0 aliphatic heterocycles. The number of rotatable bonds is 1. The summed E-state index contributed by atoms with van der Waals surface area (Å²) in [4.78, 5) is 10.6. The number of para-hydroxylation sites is 1. The van der Waals surface area contributed by atoms with Crippen LogP contribution in [-0.4, -0.2) is 11.1 Å². The molecule has 14 heavy (non-hydrogen) atoms. The molecular formula is C9H4ClFO3. The lowest BCUT2D eigenvalue weighted by Gasteiger charge is -1.87. The van der Waals surface area contributed by atoms with Crippen molar-refractivity contribution in [2.45, 2.75) is 0 Å². The van der Waals surface area contributed by atoms with Crippen LogP contribution in [0.2, 0.25) is 5.02 Å². The molecule has 0 bridgehead atoms. The van der Waals surface area contributed by atoms with Crippen LogP contribution >= 0.6 is 11.6 Å². The fourth-order valence-electron chi connectivity index (χ4n) is 1.19. The Bertz CT molecular complexity index is 518. The van der Waals surface area contributed by atoms with E-state index in [0.29, 0.717) is 0 Å². The van der Waals surface area contributed by atoms with Gasteiger partial charge in [-0.3, -0.25) is 0 Å². The molecule has 2 rings (SSSR count). The van der Waals surface area contributed by atoms with E-state index in [0.717, 1.165) is 0 Å². The fraction of sp³-hybridized carbons (Fsp3) is 0. The first kappa shape index (κ1) is 9.02. The van der Waals surface area contributed by atoms with Gasteiger partial charge in [0.25, 0.3) is 0 Å². The Kier molecular flexibility index (Phi) is 1.93. The van der Waals surface area contributed by atoms with Gasteiger partial charge in [0.05, 0.1) is 0 Å². The highest BCUT2D eigenvalue weighted by molar-refractivity contribution is 6.38. The third-order valence-electron chi connectivity index (χ3n) is 1.80. The molecule has 0 amide bonds. The zero-order valence-corrected chi connectivity index (χ0v) is 7.51. The number of furan rings is 1. The summed E-state index contributed by atoms with van der Waals surface area (Å²) in [5, 5.41) is 8.85. The summed E-state index contributed by atoms with van der Waals surface area (Å²) in [7, 11) is 0. The smallest absolute Gasteiger partial charge is 0.373 e. The fourth-order valence-corrected chi connectivity index (χ4v) is 1.46. The number of hydrogen-bond donors (Lipinski definition) is 1. The number of carboxylic acid groups (broad SMARTS) is 1. The summed E-state index contributed by atoms with van der Waals surface area (Å²) >= 11 is 5.68. The normalized spacial score (nSPS) is 10.7. The standard InChI is InChI=1S/C9H4ClFO3/c10-6-4-2-1-3-5(11)7(4)14-8(6)9(12)13/h1-3H,(H,12,13).